The maximum Gasteiger partial charge on any atom is 0.303 e. The minimum absolute atomic E-state index is 0.0637. The number of hydrogen-bond donors (Lipinski definition) is 1. The van der Waals surface area contributed by atoms with Gasteiger partial charge in [-0.15, -0.1) is 0 Å². The van der Waals surface area contributed by atoms with Gasteiger partial charge in [-0.05, 0) is 43.2 Å². The van der Waals surface area contributed by atoms with Gasteiger partial charge in [-0.1, -0.05) is 30.3 Å². The first kappa shape index (κ1) is 20.0. The SMILES string of the molecule is Cc1cc(-c2ccc(S(=O)(=O)N(C)CCCC(=O)O)cc2)nc2ccccc12. The Kier molecular flexibility index (Phi) is 5.76. The topological polar surface area (TPSA) is 87.6 Å². The Labute approximate surface area is 164 Å². The number of benzene rings is 2. The molecule has 3 aromatic rings. The molecule has 1 heterocycles. The van der Waals surface area contributed by atoms with Gasteiger partial charge in [0.2, 0.25) is 10.0 Å². The van der Waals surface area contributed by atoms with E-state index in [1.807, 2.05) is 37.3 Å². The number of aryl methyl sites for hydroxylation is 1. The lowest BCUT2D eigenvalue weighted by Crippen LogP contribution is -2.28. The van der Waals surface area contributed by atoms with E-state index in [2.05, 4.69) is 4.98 Å². The van der Waals surface area contributed by atoms with Crippen molar-refractivity contribution >= 4 is 26.9 Å². The highest BCUT2D eigenvalue weighted by atomic mass is 32.2. The summed E-state index contributed by atoms with van der Waals surface area (Å²) in [6, 6.07) is 16.5. The Balaban J connectivity index is 1.84. The van der Waals surface area contributed by atoms with Crippen molar-refractivity contribution in [2.75, 3.05) is 13.6 Å². The molecule has 0 aliphatic carbocycles. The lowest BCUT2D eigenvalue weighted by atomic mass is 10.1. The number of nitrogens with zero attached hydrogens (tertiary/aromatic N) is 2. The van der Waals surface area contributed by atoms with Gasteiger partial charge in [-0.3, -0.25) is 4.79 Å². The molecule has 1 N–H and O–H groups in total. The molecule has 0 fully saturated rings. The zero-order chi connectivity index (χ0) is 20.3. The van der Waals surface area contributed by atoms with Crippen LogP contribution >= 0.6 is 0 Å². The third-order valence-corrected chi connectivity index (χ3v) is 6.52. The fourth-order valence-corrected chi connectivity index (χ4v) is 4.26. The monoisotopic (exact) mass is 398 g/mol. The number of fused-ring (bicyclic) bond motifs is 1. The first-order valence-electron chi connectivity index (χ1n) is 8.94. The van der Waals surface area contributed by atoms with E-state index in [0.717, 1.165) is 27.7 Å². The zero-order valence-corrected chi connectivity index (χ0v) is 16.6. The molecule has 1 aromatic heterocycles. The van der Waals surface area contributed by atoms with Gasteiger partial charge in [0.1, 0.15) is 0 Å². The molecule has 0 spiro atoms. The van der Waals surface area contributed by atoms with Crippen LogP contribution in [0, 0.1) is 6.92 Å². The van der Waals surface area contributed by atoms with Gasteiger partial charge in [0.15, 0.2) is 0 Å². The number of pyridine rings is 1. The lowest BCUT2D eigenvalue weighted by molar-refractivity contribution is -0.137. The van der Waals surface area contributed by atoms with Crippen LogP contribution in [0.1, 0.15) is 18.4 Å². The minimum Gasteiger partial charge on any atom is -0.481 e. The molecule has 7 heteroatoms. The summed E-state index contributed by atoms with van der Waals surface area (Å²) in [5.74, 6) is -0.937. The summed E-state index contributed by atoms with van der Waals surface area (Å²) in [5, 5.41) is 9.79. The Hall–Kier alpha value is -2.77. The highest BCUT2D eigenvalue weighted by Crippen LogP contribution is 2.26. The molecule has 0 aliphatic heterocycles. The number of para-hydroxylation sites is 1. The van der Waals surface area contributed by atoms with Crippen LogP contribution in [0.3, 0.4) is 0 Å². The number of aromatic nitrogens is 1. The molecule has 0 atom stereocenters. The number of carboxylic acids is 1. The van der Waals surface area contributed by atoms with Crippen molar-refractivity contribution in [3.05, 3.63) is 60.2 Å². The lowest BCUT2D eigenvalue weighted by Gasteiger charge is -2.17. The van der Waals surface area contributed by atoms with Crippen molar-refractivity contribution in [2.24, 2.45) is 0 Å². The molecule has 0 amide bonds. The summed E-state index contributed by atoms with van der Waals surface area (Å²) in [5.41, 5.74) is 3.62. The summed E-state index contributed by atoms with van der Waals surface area (Å²) in [4.78, 5) is 15.5. The Morgan fingerprint density at radius 2 is 1.79 bits per heavy atom. The smallest absolute Gasteiger partial charge is 0.303 e. The quantitative estimate of drug-likeness (QED) is 0.656. The Morgan fingerprint density at radius 3 is 2.46 bits per heavy atom. The fraction of sp³-hybridized carbons (Fsp3) is 0.238. The van der Waals surface area contributed by atoms with Crippen molar-refractivity contribution in [1.29, 1.82) is 0 Å². The van der Waals surface area contributed by atoms with Crippen molar-refractivity contribution < 1.29 is 18.3 Å². The Morgan fingerprint density at radius 1 is 1.11 bits per heavy atom. The van der Waals surface area contributed by atoms with Crippen molar-refractivity contribution in [3.63, 3.8) is 0 Å². The molecule has 6 nitrogen and oxygen atoms in total. The number of carbonyl (C=O) groups is 1. The first-order chi connectivity index (χ1) is 13.3. The van der Waals surface area contributed by atoms with Gasteiger partial charge in [-0.2, -0.15) is 0 Å². The maximum absolute atomic E-state index is 12.6. The summed E-state index contributed by atoms with van der Waals surface area (Å²) in [6.07, 6.45) is 0.204. The average molecular weight is 398 g/mol. The summed E-state index contributed by atoms with van der Waals surface area (Å²) in [6.45, 7) is 2.18. The van der Waals surface area contributed by atoms with E-state index >= 15 is 0 Å². The molecule has 0 saturated carbocycles. The van der Waals surface area contributed by atoms with Crippen molar-refractivity contribution in [1.82, 2.24) is 9.29 Å². The van der Waals surface area contributed by atoms with Gasteiger partial charge in [-0.25, -0.2) is 17.7 Å². The second-order valence-electron chi connectivity index (χ2n) is 6.69. The zero-order valence-electron chi connectivity index (χ0n) is 15.8. The van der Waals surface area contributed by atoms with E-state index in [1.54, 1.807) is 24.3 Å². The van der Waals surface area contributed by atoms with Crippen molar-refractivity contribution in [3.8, 4) is 11.3 Å². The second kappa shape index (κ2) is 8.08. The van der Waals surface area contributed by atoms with Crippen LogP contribution in [-0.2, 0) is 14.8 Å². The van der Waals surface area contributed by atoms with E-state index in [9.17, 15) is 13.2 Å². The standard InChI is InChI=1S/C21H22N2O4S/c1-15-14-20(22-19-7-4-3-6-18(15)19)16-9-11-17(12-10-16)28(26,27)23(2)13-5-8-21(24)25/h3-4,6-7,9-12,14H,5,8,13H2,1-2H3,(H,24,25). The number of carboxylic acid groups (broad SMARTS) is 1. The van der Waals surface area contributed by atoms with E-state index in [4.69, 9.17) is 5.11 Å². The predicted octanol–water partition coefficient (Wildman–Crippen LogP) is 3.70. The van der Waals surface area contributed by atoms with Gasteiger partial charge in [0, 0.05) is 31.0 Å². The van der Waals surface area contributed by atoms with E-state index in [-0.39, 0.29) is 24.3 Å². The highest BCUT2D eigenvalue weighted by molar-refractivity contribution is 7.89. The molecule has 0 radical (unpaired) electrons. The molecule has 0 saturated heterocycles. The molecule has 146 valence electrons. The maximum atomic E-state index is 12.6. The van der Waals surface area contributed by atoms with Crippen LogP contribution in [0.5, 0.6) is 0 Å². The number of hydrogen-bond acceptors (Lipinski definition) is 4. The van der Waals surface area contributed by atoms with Crippen LogP contribution in [0.15, 0.2) is 59.5 Å². The third kappa shape index (κ3) is 4.21. The summed E-state index contributed by atoms with van der Waals surface area (Å²) in [7, 11) is -2.20. The molecular formula is C21H22N2O4S. The predicted molar refractivity (Wildman–Crippen MR) is 109 cm³/mol. The molecule has 0 bridgehead atoms. The van der Waals surface area contributed by atoms with Gasteiger partial charge >= 0.3 is 5.97 Å². The van der Waals surface area contributed by atoms with Crippen LogP contribution < -0.4 is 0 Å². The van der Waals surface area contributed by atoms with Crippen LogP contribution in [0.2, 0.25) is 0 Å². The molecule has 28 heavy (non-hydrogen) atoms. The van der Waals surface area contributed by atoms with Crippen molar-refractivity contribution in [2.45, 2.75) is 24.7 Å². The second-order valence-corrected chi connectivity index (χ2v) is 8.73. The first-order valence-corrected chi connectivity index (χ1v) is 10.4. The molecule has 0 unspecified atom stereocenters. The molecular weight excluding hydrogens is 376 g/mol. The van der Waals surface area contributed by atoms with E-state index in [0.29, 0.717) is 0 Å². The summed E-state index contributed by atoms with van der Waals surface area (Å²) < 4.78 is 26.5. The third-order valence-electron chi connectivity index (χ3n) is 4.64. The Bertz CT molecular complexity index is 1110. The number of rotatable bonds is 7. The van der Waals surface area contributed by atoms with Crippen LogP contribution in [-0.4, -0.2) is 42.4 Å². The minimum atomic E-state index is -3.66. The molecule has 0 aliphatic rings. The van der Waals surface area contributed by atoms with E-state index in [1.165, 1.54) is 11.4 Å². The van der Waals surface area contributed by atoms with Gasteiger partial charge in [0.25, 0.3) is 0 Å². The van der Waals surface area contributed by atoms with Crippen LogP contribution in [0.4, 0.5) is 0 Å². The number of aliphatic carboxylic acids is 1. The van der Waals surface area contributed by atoms with Crippen LogP contribution in [0.25, 0.3) is 22.2 Å². The molecule has 3 rings (SSSR count). The van der Waals surface area contributed by atoms with Gasteiger partial charge < -0.3 is 5.11 Å². The number of sulfonamides is 1. The highest BCUT2D eigenvalue weighted by Gasteiger charge is 2.20. The largest absolute Gasteiger partial charge is 0.481 e. The normalized spacial score (nSPS) is 11.8. The van der Waals surface area contributed by atoms with E-state index < -0.39 is 16.0 Å². The summed E-state index contributed by atoms with van der Waals surface area (Å²) >= 11 is 0. The van der Waals surface area contributed by atoms with Gasteiger partial charge in [0.05, 0.1) is 16.1 Å². The average Bonchev–Trinajstić information content (AvgIpc) is 2.67. The molecule has 2 aromatic carbocycles. The fourth-order valence-electron chi connectivity index (χ4n) is 3.05.